The number of nitrogens with two attached hydrogens (primary N) is 1. The third-order valence-corrected chi connectivity index (χ3v) is 2.38. The number of hydrogen-bond donors (Lipinski definition) is 3. The highest BCUT2D eigenvalue weighted by Gasteiger charge is 2.13. The minimum atomic E-state index is -0.371. The van der Waals surface area contributed by atoms with Gasteiger partial charge in [-0.05, 0) is 31.0 Å². The van der Waals surface area contributed by atoms with E-state index in [1.165, 1.54) is 0 Å². The molecule has 0 saturated heterocycles. The van der Waals surface area contributed by atoms with E-state index in [9.17, 15) is 5.11 Å². The van der Waals surface area contributed by atoms with Crippen LogP contribution in [0.15, 0.2) is 12.1 Å². The molecule has 1 aromatic carbocycles. The molecule has 0 radical (unpaired) electrons. The van der Waals surface area contributed by atoms with Gasteiger partial charge < -0.3 is 20.7 Å². The van der Waals surface area contributed by atoms with Crippen LogP contribution in [0, 0.1) is 6.92 Å². The summed E-state index contributed by atoms with van der Waals surface area (Å²) in [4.78, 5) is 0. The van der Waals surface area contributed by atoms with E-state index >= 15 is 0 Å². The van der Waals surface area contributed by atoms with Gasteiger partial charge >= 0.3 is 0 Å². The van der Waals surface area contributed by atoms with Crippen LogP contribution in [0.3, 0.4) is 0 Å². The van der Waals surface area contributed by atoms with E-state index in [2.05, 4.69) is 0 Å². The molecule has 0 aliphatic rings. The smallest absolute Gasteiger partial charge is 0.123 e. The normalized spacial score (nSPS) is 12.5. The summed E-state index contributed by atoms with van der Waals surface area (Å²) in [6.07, 6.45) is 0.417. The first-order valence-corrected chi connectivity index (χ1v) is 4.84. The maximum absolute atomic E-state index is 9.80. The summed E-state index contributed by atoms with van der Waals surface area (Å²) in [5.41, 5.74) is 7.16. The summed E-state index contributed by atoms with van der Waals surface area (Å²) in [5.74, 6) is 0.838. The van der Waals surface area contributed by atoms with E-state index in [0.717, 1.165) is 5.56 Å². The zero-order valence-corrected chi connectivity index (χ0v) is 9.03. The van der Waals surface area contributed by atoms with Crippen molar-refractivity contribution in [2.75, 3.05) is 13.7 Å². The summed E-state index contributed by atoms with van der Waals surface area (Å²) < 4.78 is 5.09. The van der Waals surface area contributed by atoms with Gasteiger partial charge in [-0.2, -0.15) is 0 Å². The summed E-state index contributed by atoms with van der Waals surface area (Å²) >= 11 is 0. The van der Waals surface area contributed by atoms with Crippen molar-refractivity contribution in [2.24, 2.45) is 5.73 Å². The van der Waals surface area contributed by atoms with Gasteiger partial charge in [-0.1, -0.05) is 0 Å². The lowest BCUT2D eigenvalue weighted by atomic mass is 10.0. The summed E-state index contributed by atoms with van der Waals surface area (Å²) in [6.45, 7) is 1.78. The highest BCUT2D eigenvalue weighted by Crippen LogP contribution is 2.32. The van der Waals surface area contributed by atoms with Gasteiger partial charge in [0.2, 0.25) is 0 Å². The van der Waals surface area contributed by atoms with Crippen LogP contribution in [0.2, 0.25) is 0 Å². The Kier molecular flexibility index (Phi) is 3.94. The highest BCUT2D eigenvalue weighted by atomic mass is 16.5. The molecule has 0 aliphatic heterocycles. The third-order valence-electron chi connectivity index (χ3n) is 2.38. The number of methoxy groups -OCH3 is 1. The molecule has 0 bridgehead atoms. The maximum Gasteiger partial charge on any atom is 0.123 e. The molecule has 1 atom stereocenters. The first kappa shape index (κ1) is 11.8. The minimum Gasteiger partial charge on any atom is -0.507 e. The van der Waals surface area contributed by atoms with Crippen LogP contribution >= 0.6 is 0 Å². The quantitative estimate of drug-likeness (QED) is 0.697. The van der Waals surface area contributed by atoms with Crippen LogP contribution in [-0.2, 0) is 0 Å². The second-order valence-electron chi connectivity index (χ2n) is 3.50. The van der Waals surface area contributed by atoms with Crippen LogP contribution in [0.4, 0.5) is 0 Å². The van der Waals surface area contributed by atoms with Gasteiger partial charge in [0.05, 0.1) is 7.11 Å². The molecule has 0 aromatic heterocycles. The van der Waals surface area contributed by atoms with Crippen molar-refractivity contribution in [2.45, 2.75) is 19.4 Å². The molecule has 0 fully saturated rings. The number of aliphatic hydroxyl groups excluding tert-OH is 1. The number of benzene rings is 1. The zero-order valence-electron chi connectivity index (χ0n) is 9.03. The largest absolute Gasteiger partial charge is 0.507 e. The first-order chi connectivity index (χ1) is 7.10. The number of aromatic hydroxyl groups is 1. The predicted octanol–water partition coefficient (Wildman–Crippen LogP) is 1.09. The van der Waals surface area contributed by atoms with Gasteiger partial charge in [-0.15, -0.1) is 0 Å². The number of rotatable bonds is 4. The molecule has 4 heteroatoms. The van der Waals surface area contributed by atoms with E-state index in [4.69, 9.17) is 15.6 Å². The molecule has 1 rings (SSSR count). The lowest BCUT2D eigenvalue weighted by Gasteiger charge is -2.15. The number of aryl methyl sites for hydroxylation is 1. The topological polar surface area (TPSA) is 75.7 Å². The molecule has 4 N–H and O–H groups in total. The summed E-state index contributed by atoms with van der Waals surface area (Å²) in [5, 5.41) is 18.6. The van der Waals surface area contributed by atoms with Crippen molar-refractivity contribution < 1.29 is 14.9 Å². The average molecular weight is 211 g/mol. The predicted molar refractivity (Wildman–Crippen MR) is 58.0 cm³/mol. The molecule has 0 spiro atoms. The Balaban J connectivity index is 3.09. The Hall–Kier alpha value is -1.26. The standard InChI is InChI=1S/C11H17NO3/c1-7-5-8(15-2)6-9(11(7)14)10(12)3-4-13/h5-6,10,13-14H,3-4,12H2,1-2H3. The van der Waals surface area contributed by atoms with Crippen molar-refractivity contribution in [3.8, 4) is 11.5 Å². The van der Waals surface area contributed by atoms with Crippen molar-refractivity contribution in [1.29, 1.82) is 0 Å². The third kappa shape index (κ3) is 2.61. The highest BCUT2D eigenvalue weighted by molar-refractivity contribution is 5.47. The van der Waals surface area contributed by atoms with E-state index in [-0.39, 0.29) is 18.4 Å². The van der Waals surface area contributed by atoms with Crippen molar-refractivity contribution in [1.82, 2.24) is 0 Å². The van der Waals surface area contributed by atoms with Gasteiger partial charge in [0, 0.05) is 18.2 Å². The van der Waals surface area contributed by atoms with Gasteiger partial charge in [0.25, 0.3) is 0 Å². The Labute approximate surface area is 89.3 Å². The Morgan fingerprint density at radius 3 is 2.67 bits per heavy atom. The zero-order chi connectivity index (χ0) is 11.4. The molecule has 15 heavy (non-hydrogen) atoms. The lowest BCUT2D eigenvalue weighted by Crippen LogP contribution is -2.12. The van der Waals surface area contributed by atoms with Crippen molar-refractivity contribution >= 4 is 0 Å². The van der Waals surface area contributed by atoms with E-state index in [1.807, 2.05) is 0 Å². The number of hydrogen-bond acceptors (Lipinski definition) is 4. The van der Waals surface area contributed by atoms with E-state index < -0.39 is 0 Å². The molecule has 0 heterocycles. The average Bonchev–Trinajstić information content (AvgIpc) is 2.22. The molecule has 1 aromatic rings. The Bertz CT molecular complexity index is 339. The molecule has 84 valence electrons. The monoisotopic (exact) mass is 211 g/mol. The lowest BCUT2D eigenvalue weighted by molar-refractivity contribution is 0.275. The van der Waals surface area contributed by atoms with Crippen LogP contribution in [0.5, 0.6) is 11.5 Å². The second kappa shape index (κ2) is 5.00. The SMILES string of the molecule is COc1cc(C)c(O)c(C(N)CCO)c1. The molecular formula is C11H17NO3. The van der Waals surface area contributed by atoms with E-state index in [0.29, 0.717) is 17.7 Å². The fraction of sp³-hybridized carbons (Fsp3) is 0.455. The van der Waals surface area contributed by atoms with Crippen LogP contribution in [-0.4, -0.2) is 23.9 Å². The van der Waals surface area contributed by atoms with Gasteiger partial charge in [0.15, 0.2) is 0 Å². The molecule has 1 unspecified atom stereocenters. The Morgan fingerprint density at radius 2 is 2.13 bits per heavy atom. The van der Waals surface area contributed by atoms with Crippen molar-refractivity contribution in [3.63, 3.8) is 0 Å². The maximum atomic E-state index is 9.80. The van der Waals surface area contributed by atoms with Crippen LogP contribution in [0.1, 0.15) is 23.6 Å². The van der Waals surface area contributed by atoms with Gasteiger partial charge in [0.1, 0.15) is 11.5 Å². The number of phenols is 1. The first-order valence-electron chi connectivity index (χ1n) is 4.84. The Morgan fingerprint density at radius 1 is 1.47 bits per heavy atom. The molecular weight excluding hydrogens is 194 g/mol. The fourth-order valence-electron chi connectivity index (χ4n) is 1.47. The summed E-state index contributed by atoms with van der Waals surface area (Å²) in [6, 6.07) is 3.07. The van der Waals surface area contributed by atoms with Gasteiger partial charge in [-0.3, -0.25) is 0 Å². The molecule has 4 nitrogen and oxygen atoms in total. The molecule has 0 saturated carbocycles. The van der Waals surface area contributed by atoms with Crippen LogP contribution in [0.25, 0.3) is 0 Å². The van der Waals surface area contributed by atoms with Crippen LogP contribution < -0.4 is 10.5 Å². The molecule has 0 aliphatic carbocycles. The van der Waals surface area contributed by atoms with Crippen molar-refractivity contribution in [3.05, 3.63) is 23.3 Å². The second-order valence-corrected chi connectivity index (χ2v) is 3.50. The number of phenolic OH excluding ortho intramolecular Hbond substituents is 1. The minimum absolute atomic E-state index is 0.00311. The number of aliphatic hydroxyl groups is 1. The van der Waals surface area contributed by atoms with E-state index in [1.54, 1.807) is 26.2 Å². The number of ether oxygens (including phenoxy) is 1. The van der Waals surface area contributed by atoms with Gasteiger partial charge in [-0.25, -0.2) is 0 Å². The fourth-order valence-corrected chi connectivity index (χ4v) is 1.47. The summed E-state index contributed by atoms with van der Waals surface area (Å²) in [7, 11) is 1.56. The molecule has 0 amide bonds.